The number of thiazole rings is 1. The molecule has 0 amide bonds. The first kappa shape index (κ1) is 27.7. The van der Waals surface area contributed by atoms with Gasteiger partial charge in [-0.05, 0) is 62.2 Å². The van der Waals surface area contributed by atoms with Crippen LogP contribution in [0.25, 0.3) is 17.5 Å². The molecule has 3 aromatic rings. The highest BCUT2D eigenvalue weighted by Crippen LogP contribution is 2.38. The van der Waals surface area contributed by atoms with Crippen LogP contribution >= 0.6 is 11.3 Å². The van der Waals surface area contributed by atoms with Crippen molar-refractivity contribution < 1.29 is 28.5 Å². The fraction of sp³-hybridized carbons (Fsp3) is 0.276. The molecule has 0 unspecified atom stereocenters. The van der Waals surface area contributed by atoms with Crippen molar-refractivity contribution in [3.8, 4) is 11.5 Å². The Morgan fingerprint density at radius 1 is 0.974 bits per heavy atom. The van der Waals surface area contributed by atoms with E-state index in [1.165, 1.54) is 4.57 Å². The molecule has 0 bridgehead atoms. The molecule has 1 aromatic heterocycles. The molecule has 4 rings (SSSR count). The van der Waals surface area contributed by atoms with Gasteiger partial charge in [0.15, 0.2) is 0 Å². The molecule has 1 aliphatic rings. The maximum absolute atomic E-state index is 13.7. The summed E-state index contributed by atoms with van der Waals surface area (Å²) in [5.41, 5.74) is 7.53. The van der Waals surface area contributed by atoms with Crippen LogP contribution in [0.1, 0.15) is 37.8 Å². The van der Waals surface area contributed by atoms with E-state index in [1.807, 2.05) is 12.1 Å². The lowest BCUT2D eigenvalue weighted by atomic mass is 9.83. The Labute approximate surface area is 229 Å². The van der Waals surface area contributed by atoms with Crippen molar-refractivity contribution in [3.63, 3.8) is 0 Å². The van der Waals surface area contributed by atoms with Crippen LogP contribution in [0, 0.1) is 0 Å². The number of fused-ring (bicyclic) bond motifs is 1. The third-order valence-electron chi connectivity index (χ3n) is 6.07. The van der Waals surface area contributed by atoms with Gasteiger partial charge in [0.25, 0.3) is 5.56 Å². The second-order valence-corrected chi connectivity index (χ2v) is 9.95. The minimum atomic E-state index is -0.937. The van der Waals surface area contributed by atoms with Crippen LogP contribution in [0.3, 0.4) is 0 Å². The van der Waals surface area contributed by atoms with Gasteiger partial charge in [-0.25, -0.2) is 9.59 Å². The Morgan fingerprint density at radius 3 is 2.10 bits per heavy atom. The van der Waals surface area contributed by atoms with Gasteiger partial charge in [-0.15, -0.1) is 11.3 Å². The van der Waals surface area contributed by atoms with Crippen LogP contribution in [-0.4, -0.2) is 43.4 Å². The predicted octanol–water partition coefficient (Wildman–Crippen LogP) is 2.35. The fourth-order valence-corrected chi connectivity index (χ4v) is 5.48. The van der Waals surface area contributed by atoms with Gasteiger partial charge in [-0.1, -0.05) is 24.3 Å². The molecule has 39 heavy (non-hydrogen) atoms. The number of esters is 2. The summed E-state index contributed by atoms with van der Waals surface area (Å²) in [6.07, 6.45) is 1.25. The highest BCUT2D eigenvalue weighted by molar-refractivity contribution is 7.07. The predicted molar refractivity (Wildman–Crippen MR) is 149 cm³/mol. The van der Waals surface area contributed by atoms with E-state index in [-0.39, 0.29) is 28.2 Å². The van der Waals surface area contributed by atoms with Crippen LogP contribution in [0.15, 0.2) is 58.9 Å². The zero-order chi connectivity index (χ0) is 28.3. The Kier molecular flexibility index (Phi) is 8.25. The van der Waals surface area contributed by atoms with Gasteiger partial charge in [-0.3, -0.25) is 9.36 Å². The monoisotopic (exact) mass is 550 g/mol. The average Bonchev–Trinajstić information content (AvgIpc) is 3.24. The number of aromatic nitrogens is 1. The summed E-state index contributed by atoms with van der Waals surface area (Å²) < 4.78 is 23.3. The van der Waals surface area contributed by atoms with Gasteiger partial charge in [0.05, 0.1) is 48.5 Å². The van der Waals surface area contributed by atoms with E-state index in [2.05, 4.69) is 0 Å². The van der Waals surface area contributed by atoms with E-state index in [9.17, 15) is 14.4 Å². The molecule has 2 aromatic carbocycles. The van der Waals surface area contributed by atoms with Gasteiger partial charge < -0.3 is 24.7 Å². The van der Waals surface area contributed by atoms with Crippen LogP contribution < -0.4 is 30.0 Å². The lowest BCUT2D eigenvalue weighted by Crippen LogP contribution is -2.42. The van der Waals surface area contributed by atoms with E-state index >= 15 is 0 Å². The summed E-state index contributed by atoms with van der Waals surface area (Å²) in [5.74, 6) is -1.15. The van der Waals surface area contributed by atoms with Crippen molar-refractivity contribution >= 4 is 40.7 Å². The SMILES string of the molecule is CCOC(=O)C1=C(N)n2c(s/c(=C\c3ccc(OC)cc3)c2=O)=C(C(=O)OC(C)C)[C@@H]1c1ccc(OC)cc1. The number of hydrogen-bond acceptors (Lipinski definition) is 9. The molecule has 2 heterocycles. The topological polar surface area (TPSA) is 119 Å². The second-order valence-electron chi connectivity index (χ2n) is 8.92. The Balaban J connectivity index is 2.07. The maximum Gasteiger partial charge on any atom is 0.338 e. The number of ether oxygens (including phenoxy) is 4. The highest BCUT2D eigenvalue weighted by Gasteiger charge is 2.40. The van der Waals surface area contributed by atoms with Gasteiger partial charge in [0.1, 0.15) is 22.0 Å². The summed E-state index contributed by atoms with van der Waals surface area (Å²) in [7, 11) is 3.11. The van der Waals surface area contributed by atoms with Crippen molar-refractivity contribution in [1.29, 1.82) is 0 Å². The summed E-state index contributed by atoms with van der Waals surface area (Å²) in [5, 5.41) is 0. The number of carbonyl (C=O) groups excluding carboxylic acids is 2. The minimum absolute atomic E-state index is 0.0129. The molecule has 0 spiro atoms. The zero-order valence-corrected chi connectivity index (χ0v) is 23.2. The van der Waals surface area contributed by atoms with E-state index < -0.39 is 29.5 Å². The third-order valence-corrected chi connectivity index (χ3v) is 7.18. The van der Waals surface area contributed by atoms with Crippen LogP contribution in [0.5, 0.6) is 11.5 Å². The first-order valence-corrected chi connectivity index (χ1v) is 13.2. The number of hydrogen-bond donors (Lipinski definition) is 1. The second kappa shape index (κ2) is 11.6. The van der Waals surface area contributed by atoms with Crippen LogP contribution in [-0.2, 0) is 19.1 Å². The highest BCUT2D eigenvalue weighted by atomic mass is 32.1. The fourth-order valence-electron chi connectivity index (χ4n) is 4.31. The molecule has 2 N–H and O–H groups in total. The molecule has 0 fully saturated rings. The minimum Gasteiger partial charge on any atom is -0.497 e. The first-order chi connectivity index (χ1) is 18.7. The number of rotatable bonds is 8. The molecule has 1 aliphatic heterocycles. The van der Waals surface area contributed by atoms with Crippen molar-refractivity contribution in [3.05, 3.63) is 84.8 Å². The van der Waals surface area contributed by atoms with E-state index in [4.69, 9.17) is 24.7 Å². The van der Waals surface area contributed by atoms with Gasteiger partial charge in [0.2, 0.25) is 0 Å². The lowest BCUT2D eigenvalue weighted by Gasteiger charge is -2.27. The van der Waals surface area contributed by atoms with E-state index in [0.29, 0.717) is 21.6 Å². The molecule has 0 saturated heterocycles. The van der Waals surface area contributed by atoms with Crippen LogP contribution in [0.2, 0.25) is 0 Å². The third kappa shape index (κ3) is 5.46. The van der Waals surface area contributed by atoms with E-state index in [0.717, 1.165) is 16.9 Å². The number of nitrogens with zero attached hydrogens (tertiary/aromatic N) is 1. The summed E-state index contributed by atoms with van der Waals surface area (Å²) in [4.78, 5) is 40.6. The quantitative estimate of drug-likeness (QED) is 0.425. The molecule has 10 heteroatoms. The summed E-state index contributed by atoms with van der Waals surface area (Å²) in [6.45, 7) is 5.20. The molecular weight excluding hydrogens is 520 g/mol. The normalized spacial score (nSPS) is 15.3. The Morgan fingerprint density at radius 2 is 1.56 bits per heavy atom. The lowest BCUT2D eigenvalue weighted by molar-refractivity contribution is -0.140. The molecule has 1 atom stereocenters. The van der Waals surface area contributed by atoms with Crippen LogP contribution in [0.4, 0.5) is 0 Å². The van der Waals surface area contributed by atoms with E-state index in [1.54, 1.807) is 77.5 Å². The molecule has 0 radical (unpaired) electrons. The zero-order valence-electron chi connectivity index (χ0n) is 22.3. The number of benzene rings is 2. The number of methoxy groups -OCH3 is 2. The van der Waals surface area contributed by atoms with Crippen molar-refractivity contribution in [2.45, 2.75) is 32.8 Å². The Bertz CT molecular complexity index is 1600. The van der Waals surface area contributed by atoms with Gasteiger partial charge in [0, 0.05) is 0 Å². The molecule has 0 aliphatic carbocycles. The molecule has 204 valence electrons. The largest absolute Gasteiger partial charge is 0.497 e. The summed E-state index contributed by atoms with van der Waals surface area (Å²) in [6, 6.07) is 14.1. The maximum atomic E-state index is 13.7. The number of carbonyl (C=O) groups is 2. The average molecular weight is 551 g/mol. The molecule has 0 saturated carbocycles. The van der Waals surface area contributed by atoms with Crippen molar-refractivity contribution in [1.82, 2.24) is 4.57 Å². The Hall–Kier alpha value is -4.31. The number of nitrogens with two attached hydrogens (primary N) is 1. The first-order valence-electron chi connectivity index (χ1n) is 12.3. The summed E-state index contributed by atoms with van der Waals surface area (Å²) >= 11 is 1.10. The van der Waals surface area contributed by atoms with Gasteiger partial charge in [-0.2, -0.15) is 0 Å². The molecular formula is C29H30N2O7S. The van der Waals surface area contributed by atoms with Crippen molar-refractivity contribution in [2.24, 2.45) is 5.73 Å². The molecule has 9 nitrogen and oxygen atoms in total. The van der Waals surface area contributed by atoms with Gasteiger partial charge >= 0.3 is 11.9 Å². The van der Waals surface area contributed by atoms with Crippen molar-refractivity contribution in [2.75, 3.05) is 20.8 Å². The standard InChI is InChI=1S/C29H30N2O7S/c1-6-37-28(33)23-22(18-9-13-20(36-5)14-10-18)24(29(34)38-16(2)3)27-31(25(23)30)26(32)21(39-27)15-17-7-11-19(35-4)12-8-17/h7-16,22H,6,30H2,1-5H3/b21-15-/t22-/m1/s1. The smallest absolute Gasteiger partial charge is 0.338 e.